The van der Waals surface area contributed by atoms with Crippen LogP contribution in [0.1, 0.15) is 40.2 Å². The van der Waals surface area contributed by atoms with Crippen molar-refractivity contribution in [1.29, 1.82) is 0 Å². The average Bonchev–Trinajstić information content (AvgIpc) is 2.98. The Morgan fingerprint density at radius 1 is 1.48 bits per heavy atom. The number of thiophene rings is 1. The van der Waals surface area contributed by atoms with Gasteiger partial charge in [0.2, 0.25) is 5.91 Å². The van der Waals surface area contributed by atoms with Crippen molar-refractivity contribution in [3.8, 4) is 0 Å². The summed E-state index contributed by atoms with van der Waals surface area (Å²) in [6.45, 7) is 4.69. The van der Waals surface area contributed by atoms with Gasteiger partial charge in [-0.15, -0.1) is 11.3 Å². The van der Waals surface area contributed by atoms with Gasteiger partial charge in [-0.1, -0.05) is 0 Å². The topological polar surface area (TPSA) is 70.7 Å². The quantitative estimate of drug-likeness (QED) is 0.805. The second-order valence-electron chi connectivity index (χ2n) is 5.63. The normalized spacial score (nSPS) is 20.5. The lowest BCUT2D eigenvalue weighted by Crippen LogP contribution is -2.26. The summed E-state index contributed by atoms with van der Waals surface area (Å²) in [4.78, 5) is 19.0. The van der Waals surface area contributed by atoms with E-state index >= 15 is 0 Å². The largest absolute Gasteiger partial charge is 0.356 e. The lowest BCUT2D eigenvalue weighted by atomic mass is 10.2. The van der Waals surface area contributed by atoms with Crippen LogP contribution in [0, 0.1) is 19.8 Å². The fraction of sp³-hybridized carbons (Fsp3) is 0.533. The van der Waals surface area contributed by atoms with E-state index in [0.29, 0.717) is 12.5 Å². The predicted octanol–water partition coefficient (Wildman–Crippen LogP) is 2.34. The van der Waals surface area contributed by atoms with Gasteiger partial charge in [-0.3, -0.25) is 9.89 Å². The molecule has 2 aromatic heterocycles. The molecule has 0 aromatic carbocycles. The molecule has 2 aromatic rings. The van der Waals surface area contributed by atoms with Crippen LogP contribution in [0.5, 0.6) is 0 Å². The van der Waals surface area contributed by atoms with Crippen LogP contribution in [0.25, 0.3) is 0 Å². The zero-order valence-corrected chi connectivity index (χ0v) is 13.2. The van der Waals surface area contributed by atoms with E-state index in [9.17, 15) is 4.79 Å². The van der Waals surface area contributed by atoms with Gasteiger partial charge in [-0.2, -0.15) is 5.10 Å². The molecule has 0 saturated heterocycles. The molecule has 1 aliphatic rings. The number of aromatic nitrogens is 3. The van der Waals surface area contributed by atoms with Crippen molar-refractivity contribution >= 4 is 17.2 Å². The standard InChI is InChI=1S/C15H20N4OS/c1-9-5-6-13(21-9)11-8-12(11)15(20)16-7-3-4-14-17-10(2)18-19-14/h5-6,11-12H,3-4,7-8H2,1-2H3,(H,16,20)(H,17,18,19)/t11-,12+/m0/s1. The maximum Gasteiger partial charge on any atom is 0.223 e. The molecule has 0 bridgehead atoms. The number of aromatic amines is 1. The molecule has 112 valence electrons. The number of carbonyl (C=O) groups is 1. The minimum Gasteiger partial charge on any atom is -0.356 e. The van der Waals surface area contributed by atoms with Crippen molar-refractivity contribution < 1.29 is 4.79 Å². The summed E-state index contributed by atoms with van der Waals surface area (Å²) in [7, 11) is 0. The third kappa shape index (κ3) is 3.50. The maximum absolute atomic E-state index is 12.1. The van der Waals surface area contributed by atoms with Crippen LogP contribution in [0.4, 0.5) is 0 Å². The number of rotatable bonds is 6. The third-order valence-electron chi connectivity index (χ3n) is 3.77. The number of H-pyrrole nitrogens is 1. The molecule has 0 radical (unpaired) electrons. The first-order valence-electron chi connectivity index (χ1n) is 7.35. The van der Waals surface area contributed by atoms with Crippen LogP contribution in [-0.4, -0.2) is 27.6 Å². The summed E-state index contributed by atoms with van der Waals surface area (Å²) in [6, 6.07) is 4.29. The predicted molar refractivity (Wildman–Crippen MR) is 82.4 cm³/mol. The smallest absolute Gasteiger partial charge is 0.223 e. The van der Waals surface area contributed by atoms with Gasteiger partial charge in [0.25, 0.3) is 0 Å². The fourth-order valence-corrected chi connectivity index (χ4v) is 3.60. The van der Waals surface area contributed by atoms with Gasteiger partial charge >= 0.3 is 0 Å². The molecule has 2 heterocycles. The number of aryl methyl sites for hydroxylation is 3. The maximum atomic E-state index is 12.1. The van der Waals surface area contributed by atoms with E-state index in [1.165, 1.54) is 9.75 Å². The van der Waals surface area contributed by atoms with E-state index < -0.39 is 0 Å². The Labute approximate surface area is 128 Å². The van der Waals surface area contributed by atoms with Crippen molar-refractivity contribution in [1.82, 2.24) is 20.5 Å². The lowest BCUT2D eigenvalue weighted by molar-refractivity contribution is -0.122. The Morgan fingerprint density at radius 2 is 2.33 bits per heavy atom. The van der Waals surface area contributed by atoms with Crippen LogP contribution in [0.15, 0.2) is 12.1 Å². The van der Waals surface area contributed by atoms with E-state index in [0.717, 1.165) is 30.9 Å². The van der Waals surface area contributed by atoms with Crippen molar-refractivity contribution in [3.05, 3.63) is 33.5 Å². The van der Waals surface area contributed by atoms with Crippen LogP contribution in [-0.2, 0) is 11.2 Å². The molecular formula is C15H20N4OS. The fourth-order valence-electron chi connectivity index (χ4n) is 2.54. The van der Waals surface area contributed by atoms with Crippen molar-refractivity contribution in [2.24, 2.45) is 5.92 Å². The highest BCUT2D eigenvalue weighted by Gasteiger charge is 2.44. The number of nitrogens with zero attached hydrogens (tertiary/aromatic N) is 2. The van der Waals surface area contributed by atoms with Crippen LogP contribution in [0.2, 0.25) is 0 Å². The van der Waals surface area contributed by atoms with Crippen molar-refractivity contribution in [3.63, 3.8) is 0 Å². The number of amides is 1. The second-order valence-corrected chi connectivity index (χ2v) is 6.95. The van der Waals surface area contributed by atoms with E-state index in [4.69, 9.17) is 0 Å². The van der Waals surface area contributed by atoms with Gasteiger partial charge < -0.3 is 5.32 Å². The summed E-state index contributed by atoms with van der Waals surface area (Å²) in [5, 5.41) is 9.94. The monoisotopic (exact) mass is 304 g/mol. The molecule has 0 spiro atoms. The van der Waals surface area contributed by atoms with Gasteiger partial charge in [-0.05, 0) is 38.8 Å². The van der Waals surface area contributed by atoms with Crippen molar-refractivity contribution in [2.75, 3.05) is 6.54 Å². The second kappa shape index (κ2) is 5.97. The number of nitrogens with one attached hydrogen (secondary N) is 2. The SMILES string of the molecule is Cc1nc(CCCNC(=O)[C@@H]2C[C@@H]2c2ccc(C)s2)n[nH]1. The summed E-state index contributed by atoms with van der Waals surface area (Å²) >= 11 is 1.81. The Balaban J connectivity index is 1.38. The molecule has 2 atom stereocenters. The molecule has 0 unspecified atom stereocenters. The van der Waals surface area contributed by atoms with Crippen LogP contribution >= 0.6 is 11.3 Å². The van der Waals surface area contributed by atoms with Gasteiger partial charge in [0, 0.05) is 34.6 Å². The Hall–Kier alpha value is -1.69. The summed E-state index contributed by atoms with van der Waals surface area (Å²) in [6.07, 6.45) is 2.66. The minimum atomic E-state index is 0.175. The number of hydrogen-bond acceptors (Lipinski definition) is 4. The zero-order chi connectivity index (χ0) is 14.8. The first kappa shape index (κ1) is 14.3. The van der Waals surface area contributed by atoms with Gasteiger partial charge in [0.05, 0.1) is 0 Å². The molecule has 0 aliphatic heterocycles. The van der Waals surface area contributed by atoms with Gasteiger partial charge in [0.1, 0.15) is 5.82 Å². The Bertz CT molecular complexity index is 633. The molecule has 6 heteroatoms. The molecule has 2 N–H and O–H groups in total. The first-order valence-corrected chi connectivity index (χ1v) is 8.17. The van der Waals surface area contributed by atoms with Crippen molar-refractivity contribution in [2.45, 2.75) is 39.0 Å². The Kier molecular flexibility index (Phi) is 4.05. The lowest BCUT2D eigenvalue weighted by Gasteiger charge is -2.03. The zero-order valence-electron chi connectivity index (χ0n) is 12.3. The average molecular weight is 304 g/mol. The highest BCUT2D eigenvalue weighted by molar-refractivity contribution is 7.12. The summed E-state index contributed by atoms with van der Waals surface area (Å²) in [5.74, 6) is 2.46. The van der Waals surface area contributed by atoms with E-state index in [2.05, 4.69) is 39.6 Å². The van der Waals surface area contributed by atoms with Gasteiger partial charge in [0.15, 0.2) is 5.82 Å². The number of hydrogen-bond donors (Lipinski definition) is 2. The molecule has 21 heavy (non-hydrogen) atoms. The molecule has 3 rings (SSSR count). The van der Waals surface area contributed by atoms with E-state index in [1.807, 2.05) is 18.3 Å². The molecule has 1 aliphatic carbocycles. The molecule has 5 nitrogen and oxygen atoms in total. The molecular weight excluding hydrogens is 284 g/mol. The molecule has 1 fully saturated rings. The molecule has 1 amide bonds. The third-order valence-corrected chi connectivity index (χ3v) is 4.91. The van der Waals surface area contributed by atoms with Crippen LogP contribution in [0.3, 0.4) is 0 Å². The van der Waals surface area contributed by atoms with Crippen LogP contribution < -0.4 is 5.32 Å². The summed E-state index contributed by atoms with van der Waals surface area (Å²) in [5.41, 5.74) is 0. The first-order chi connectivity index (χ1) is 10.1. The summed E-state index contributed by atoms with van der Waals surface area (Å²) < 4.78 is 0. The Morgan fingerprint density at radius 3 is 3.00 bits per heavy atom. The number of carbonyl (C=O) groups excluding carboxylic acids is 1. The minimum absolute atomic E-state index is 0.175. The van der Waals surface area contributed by atoms with E-state index in [1.54, 1.807) is 0 Å². The highest BCUT2D eigenvalue weighted by Crippen LogP contribution is 2.49. The van der Waals surface area contributed by atoms with E-state index in [-0.39, 0.29) is 11.8 Å². The van der Waals surface area contributed by atoms with Gasteiger partial charge in [-0.25, -0.2) is 4.98 Å². The highest BCUT2D eigenvalue weighted by atomic mass is 32.1. The molecule has 1 saturated carbocycles.